The highest BCUT2D eigenvalue weighted by molar-refractivity contribution is 9.10. The van der Waals surface area contributed by atoms with E-state index in [9.17, 15) is 4.39 Å². The molecule has 2 nitrogen and oxygen atoms in total. The number of nitrogens with zero attached hydrogens (tertiary/aromatic N) is 1. The molecule has 1 aromatic rings. The molecule has 2 rings (SSSR count). The average Bonchev–Trinajstić information content (AvgIpc) is 3.21. The molecule has 1 N–H and O–H groups in total. The molecule has 2 atom stereocenters. The molecule has 19 heavy (non-hydrogen) atoms. The molecule has 2 unspecified atom stereocenters. The fraction of sp³-hybridized carbons (Fsp3) is 0.600. The van der Waals surface area contributed by atoms with Gasteiger partial charge in [-0.2, -0.15) is 0 Å². The zero-order valence-corrected chi connectivity index (χ0v) is 13.4. The Balaban J connectivity index is 1.89. The molecule has 1 aromatic carbocycles. The molecule has 0 heterocycles. The lowest BCUT2D eigenvalue weighted by Crippen LogP contribution is -2.40. The van der Waals surface area contributed by atoms with Gasteiger partial charge in [0.1, 0.15) is 5.82 Å². The lowest BCUT2D eigenvalue weighted by molar-refractivity contribution is 0.236. The maximum atomic E-state index is 13.8. The Morgan fingerprint density at radius 3 is 2.74 bits per heavy atom. The van der Waals surface area contributed by atoms with E-state index in [1.54, 1.807) is 6.07 Å². The predicted octanol–water partition coefficient (Wildman–Crippen LogP) is 3.72. The normalized spacial score (nSPS) is 18.6. The molecule has 0 amide bonds. The van der Waals surface area contributed by atoms with E-state index in [1.807, 2.05) is 13.0 Å². The number of hydrogen-bond donors (Lipinski definition) is 1. The number of benzene rings is 1. The van der Waals surface area contributed by atoms with Crippen LogP contribution in [0.25, 0.3) is 0 Å². The largest absolute Gasteiger partial charge is 0.309 e. The first-order chi connectivity index (χ1) is 8.99. The molecule has 1 saturated carbocycles. The van der Waals surface area contributed by atoms with Crippen LogP contribution < -0.4 is 5.32 Å². The van der Waals surface area contributed by atoms with Crippen LogP contribution in [0.15, 0.2) is 22.7 Å². The van der Waals surface area contributed by atoms with E-state index < -0.39 is 0 Å². The minimum Gasteiger partial charge on any atom is -0.309 e. The van der Waals surface area contributed by atoms with Crippen molar-refractivity contribution in [2.24, 2.45) is 0 Å². The van der Waals surface area contributed by atoms with Crippen LogP contribution in [0.1, 0.15) is 38.3 Å². The first-order valence-electron chi connectivity index (χ1n) is 6.89. The molecule has 0 radical (unpaired) electrons. The third-order valence-corrected chi connectivity index (χ3v) is 4.46. The highest BCUT2D eigenvalue weighted by Crippen LogP contribution is 2.27. The van der Waals surface area contributed by atoms with E-state index >= 15 is 0 Å². The molecular formula is C15H22BrFN2. The van der Waals surface area contributed by atoms with Crippen LogP contribution in [0.2, 0.25) is 0 Å². The summed E-state index contributed by atoms with van der Waals surface area (Å²) in [6, 6.07) is 6.35. The van der Waals surface area contributed by atoms with Gasteiger partial charge >= 0.3 is 0 Å². The molecule has 1 fully saturated rings. The summed E-state index contributed by atoms with van der Waals surface area (Å²) in [7, 11) is 2.17. The predicted molar refractivity (Wildman–Crippen MR) is 80.8 cm³/mol. The Morgan fingerprint density at radius 2 is 2.11 bits per heavy atom. The van der Waals surface area contributed by atoms with Crippen molar-refractivity contribution in [2.75, 3.05) is 13.6 Å². The second kappa shape index (κ2) is 6.33. The van der Waals surface area contributed by atoms with Crippen LogP contribution in [0, 0.1) is 5.82 Å². The van der Waals surface area contributed by atoms with Crippen LogP contribution in [0.5, 0.6) is 0 Å². The van der Waals surface area contributed by atoms with E-state index in [0.717, 1.165) is 22.6 Å². The molecule has 1 aliphatic carbocycles. The van der Waals surface area contributed by atoms with E-state index in [-0.39, 0.29) is 11.9 Å². The SMILES string of the molecule is CC(NCC(C)N(C)C1CC1)c1cc(Br)ccc1F. The average molecular weight is 329 g/mol. The lowest BCUT2D eigenvalue weighted by Gasteiger charge is -2.26. The van der Waals surface area contributed by atoms with Crippen molar-refractivity contribution in [1.29, 1.82) is 0 Å². The maximum absolute atomic E-state index is 13.8. The Morgan fingerprint density at radius 1 is 1.42 bits per heavy atom. The van der Waals surface area contributed by atoms with Crippen LogP contribution in [0.4, 0.5) is 4.39 Å². The topological polar surface area (TPSA) is 15.3 Å². The zero-order chi connectivity index (χ0) is 14.0. The summed E-state index contributed by atoms with van der Waals surface area (Å²) in [4.78, 5) is 2.41. The first-order valence-corrected chi connectivity index (χ1v) is 7.68. The van der Waals surface area contributed by atoms with Gasteiger partial charge in [-0.3, -0.25) is 4.90 Å². The van der Waals surface area contributed by atoms with Crippen LogP contribution in [0.3, 0.4) is 0 Å². The van der Waals surface area contributed by atoms with E-state index in [0.29, 0.717) is 6.04 Å². The fourth-order valence-electron chi connectivity index (χ4n) is 2.29. The Labute approximate surface area is 123 Å². The smallest absolute Gasteiger partial charge is 0.128 e. The van der Waals surface area contributed by atoms with Gasteiger partial charge in [-0.1, -0.05) is 15.9 Å². The standard InChI is InChI=1S/C15H22BrFN2/c1-10(19(3)13-5-6-13)9-18-11(2)14-8-12(16)4-7-15(14)17/h4,7-8,10-11,13,18H,5-6,9H2,1-3H3. The highest BCUT2D eigenvalue weighted by Gasteiger charge is 2.29. The van der Waals surface area contributed by atoms with Crippen molar-refractivity contribution in [3.05, 3.63) is 34.1 Å². The molecule has 0 saturated heterocycles. The van der Waals surface area contributed by atoms with E-state index in [2.05, 4.69) is 40.1 Å². The molecule has 0 bridgehead atoms. The van der Waals surface area contributed by atoms with Gasteiger partial charge in [0, 0.05) is 34.7 Å². The Bertz CT molecular complexity index is 434. The maximum Gasteiger partial charge on any atom is 0.128 e. The summed E-state index contributed by atoms with van der Waals surface area (Å²) in [5.74, 6) is -0.147. The highest BCUT2D eigenvalue weighted by atomic mass is 79.9. The summed E-state index contributed by atoms with van der Waals surface area (Å²) < 4.78 is 14.7. The second-order valence-electron chi connectivity index (χ2n) is 5.54. The summed E-state index contributed by atoms with van der Waals surface area (Å²) in [6.45, 7) is 5.10. The molecular weight excluding hydrogens is 307 g/mol. The number of hydrogen-bond acceptors (Lipinski definition) is 2. The molecule has 4 heteroatoms. The van der Waals surface area contributed by atoms with Gasteiger partial charge in [-0.25, -0.2) is 4.39 Å². The minimum absolute atomic E-state index is 0.0209. The Hall–Kier alpha value is -0.450. The van der Waals surface area contributed by atoms with Gasteiger partial charge in [-0.15, -0.1) is 0 Å². The van der Waals surface area contributed by atoms with Crippen molar-refractivity contribution in [2.45, 2.75) is 44.8 Å². The number of nitrogens with one attached hydrogen (secondary N) is 1. The lowest BCUT2D eigenvalue weighted by atomic mass is 10.1. The molecule has 1 aliphatic rings. The number of halogens is 2. The van der Waals surface area contributed by atoms with Gasteiger partial charge in [0.15, 0.2) is 0 Å². The van der Waals surface area contributed by atoms with Crippen LogP contribution in [-0.2, 0) is 0 Å². The first kappa shape index (κ1) is 14.9. The summed E-state index contributed by atoms with van der Waals surface area (Å²) in [5, 5.41) is 3.43. The fourth-order valence-corrected chi connectivity index (χ4v) is 2.67. The van der Waals surface area contributed by atoms with Crippen molar-refractivity contribution < 1.29 is 4.39 Å². The second-order valence-corrected chi connectivity index (χ2v) is 6.46. The molecule has 0 aromatic heterocycles. The molecule has 106 valence electrons. The number of rotatable bonds is 6. The van der Waals surface area contributed by atoms with Crippen molar-refractivity contribution in [3.63, 3.8) is 0 Å². The van der Waals surface area contributed by atoms with Gasteiger partial charge in [0.2, 0.25) is 0 Å². The van der Waals surface area contributed by atoms with E-state index in [4.69, 9.17) is 0 Å². The quantitative estimate of drug-likeness (QED) is 0.856. The van der Waals surface area contributed by atoms with E-state index in [1.165, 1.54) is 18.9 Å². The van der Waals surface area contributed by atoms with Gasteiger partial charge in [0.25, 0.3) is 0 Å². The van der Waals surface area contributed by atoms with Crippen molar-refractivity contribution in [3.8, 4) is 0 Å². The summed E-state index contributed by atoms with van der Waals surface area (Å²) in [6.07, 6.45) is 2.63. The van der Waals surface area contributed by atoms with Gasteiger partial charge in [0.05, 0.1) is 0 Å². The summed E-state index contributed by atoms with van der Waals surface area (Å²) >= 11 is 3.39. The van der Waals surface area contributed by atoms with Gasteiger partial charge < -0.3 is 5.32 Å². The van der Waals surface area contributed by atoms with Crippen LogP contribution >= 0.6 is 15.9 Å². The zero-order valence-electron chi connectivity index (χ0n) is 11.8. The monoisotopic (exact) mass is 328 g/mol. The molecule has 0 spiro atoms. The third kappa shape index (κ3) is 4.01. The van der Waals surface area contributed by atoms with Gasteiger partial charge in [-0.05, 0) is 51.9 Å². The Kier molecular flexibility index (Phi) is 4.98. The number of likely N-dealkylation sites (N-methyl/N-ethyl adjacent to an activating group) is 1. The summed E-state index contributed by atoms with van der Waals surface area (Å²) in [5.41, 5.74) is 0.718. The van der Waals surface area contributed by atoms with Crippen LogP contribution in [-0.4, -0.2) is 30.6 Å². The van der Waals surface area contributed by atoms with Crippen molar-refractivity contribution in [1.82, 2.24) is 10.2 Å². The van der Waals surface area contributed by atoms with Crippen molar-refractivity contribution >= 4 is 15.9 Å². The molecule has 0 aliphatic heterocycles. The minimum atomic E-state index is -0.147. The third-order valence-electron chi connectivity index (χ3n) is 3.96.